The van der Waals surface area contributed by atoms with Gasteiger partial charge in [-0.05, 0) is 24.6 Å². The molecule has 0 atom stereocenters. The van der Waals surface area contributed by atoms with E-state index in [-0.39, 0.29) is 12.4 Å². The van der Waals surface area contributed by atoms with Gasteiger partial charge < -0.3 is 10.5 Å². The van der Waals surface area contributed by atoms with Crippen LogP contribution in [0.3, 0.4) is 0 Å². The highest BCUT2D eigenvalue weighted by Crippen LogP contribution is 2.27. The maximum absolute atomic E-state index is 11.2. The Bertz CT molecular complexity index is 382. The fourth-order valence-electron chi connectivity index (χ4n) is 1.11. The van der Waals surface area contributed by atoms with E-state index in [0.29, 0.717) is 17.3 Å². The Morgan fingerprint density at radius 2 is 2.27 bits per heavy atom. The average molecular weight is 293 g/mol. The van der Waals surface area contributed by atoms with E-state index < -0.39 is 0 Å². The summed E-state index contributed by atoms with van der Waals surface area (Å²) in [7, 11) is 0. The molecule has 5 heteroatoms. The fraction of sp³-hybridized carbons (Fsp3) is 0.300. The molecule has 0 unspecified atom stereocenters. The SMILES string of the molecule is CCOC(=O)Cc1cc(Cl)c(N)cc1Br. The van der Waals surface area contributed by atoms with E-state index in [9.17, 15) is 4.79 Å². The number of anilines is 1. The van der Waals surface area contributed by atoms with Crippen molar-refractivity contribution in [3.63, 3.8) is 0 Å². The zero-order chi connectivity index (χ0) is 11.4. The molecule has 0 saturated heterocycles. The van der Waals surface area contributed by atoms with Crippen molar-refractivity contribution in [1.82, 2.24) is 0 Å². The third-order valence-electron chi connectivity index (χ3n) is 1.81. The highest BCUT2D eigenvalue weighted by Gasteiger charge is 2.09. The third kappa shape index (κ3) is 3.39. The molecule has 82 valence electrons. The molecule has 1 rings (SSSR count). The molecular weight excluding hydrogens is 281 g/mol. The smallest absolute Gasteiger partial charge is 0.310 e. The van der Waals surface area contributed by atoms with Crippen molar-refractivity contribution >= 4 is 39.2 Å². The maximum Gasteiger partial charge on any atom is 0.310 e. The molecule has 0 bridgehead atoms. The quantitative estimate of drug-likeness (QED) is 0.688. The number of ether oxygens (including phenoxy) is 1. The van der Waals surface area contributed by atoms with Crippen LogP contribution in [0.5, 0.6) is 0 Å². The maximum atomic E-state index is 11.2. The Labute approximate surface area is 102 Å². The predicted octanol–water partition coefficient (Wildman–Crippen LogP) is 2.79. The standard InChI is InChI=1S/C10H11BrClNO2/c1-2-15-10(14)4-6-3-8(12)9(13)5-7(6)11/h3,5H,2,4,13H2,1H3. The zero-order valence-electron chi connectivity index (χ0n) is 8.22. The molecule has 0 fully saturated rings. The van der Waals surface area contributed by atoms with Crippen molar-refractivity contribution in [2.24, 2.45) is 0 Å². The summed E-state index contributed by atoms with van der Waals surface area (Å²) in [6.45, 7) is 2.14. The minimum absolute atomic E-state index is 0.189. The van der Waals surface area contributed by atoms with Gasteiger partial charge in [-0.25, -0.2) is 0 Å². The van der Waals surface area contributed by atoms with Gasteiger partial charge in [0.1, 0.15) is 0 Å². The second kappa shape index (κ2) is 5.37. The van der Waals surface area contributed by atoms with Crippen LogP contribution in [0.2, 0.25) is 5.02 Å². The van der Waals surface area contributed by atoms with E-state index in [2.05, 4.69) is 15.9 Å². The van der Waals surface area contributed by atoms with Crippen LogP contribution in [0.4, 0.5) is 5.69 Å². The summed E-state index contributed by atoms with van der Waals surface area (Å²) in [4.78, 5) is 11.2. The van der Waals surface area contributed by atoms with Gasteiger partial charge in [-0.1, -0.05) is 27.5 Å². The van der Waals surface area contributed by atoms with Crippen molar-refractivity contribution in [1.29, 1.82) is 0 Å². The van der Waals surface area contributed by atoms with Crippen LogP contribution in [-0.4, -0.2) is 12.6 Å². The monoisotopic (exact) mass is 291 g/mol. The molecule has 0 radical (unpaired) electrons. The summed E-state index contributed by atoms with van der Waals surface area (Å²) in [5.74, 6) is -0.279. The molecule has 0 aliphatic carbocycles. The second-order valence-corrected chi connectivity index (χ2v) is 4.21. The van der Waals surface area contributed by atoms with Gasteiger partial charge in [0.05, 0.1) is 23.7 Å². The number of nitrogens with two attached hydrogens (primary N) is 1. The Morgan fingerprint density at radius 1 is 1.60 bits per heavy atom. The van der Waals surface area contributed by atoms with E-state index in [1.807, 2.05) is 0 Å². The molecule has 0 spiro atoms. The van der Waals surface area contributed by atoms with Gasteiger partial charge in [0.15, 0.2) is 0 Å². The van der Waals surface area contributed by atoms with Crippen LogP contribution < -0.4 is 5.73 Å². The van der Waals surface area contributed by atoms with E-state index in [1.54, 1.807) is 19.1 Å². The van der Waals surface area contributed by atoms with Gasteiger partial charge in [0.25, 0.3) is 0 Å². The topological polar surface area (TPSA) is 52.3 Å². The van der Waals surface area contributed by atoms with Gasteiger partial charge in [0, 0.05) is 4.47 Å². The third-order valence-corrected chi connectivity index (χ3v) is 2.87. The van der Waals surface area contributed by atoms with Crippen molar-refractivity contribution in [2.45, 2.75) is 13.3 Å². The molecule has 15 heavy (non-hydrogen) atoms. The largest absolute Gasteiger partial charge is 0.466 e. The molecule has 1 aromatic carbocycles. The number of nitrogen functional groups attached to an aromatic ring is 1. The number of esters is 1. The molecular formula is C10H11BrClNO2. The summed E-state index contributed by atoms with van der Waals surface area (Å²) in [5.41, 5.74) is 6.85. The molecule has 0 aliphatic heterocycles. The lowest BCUT2D eigenvalue weighted by Crippen LogP contribution is -2.08. The van der Waals surface area contributed by atoms with E-state index in [1.165, 1.54) is 0 Å². The molecule has 1 aromatic rings. The summed E-state index contributed by atoms with van der Waals surface area (Å²) >= 11 is 9.16. The molecule has 3 nitrogen and oxygen atoms in total. The second-order valence-electron chi connectivity index (χ2n) is 2.95. The van der Waals surface area contributed by atoms with Crippen LogP contribution in [0.1, 0.15) is 12.5 Å². The summed E-state index contributed by atoms with van der Waals surface area (Å²) in [5, 5.41) is 0.442. The van der Waals surface area contributed by atoms with Crippen LogP contribution in [-0.2, 0) is 16.0 Å². The first-order valence-electron chi connectivity index (χ1n) is 4.43. The minimum Gasteiger partial charge on any atom is -0.466 e. The number of carbonyl (C=O) groups excluding carboxylic acids is 1. The van der Waals surface area contributed by atoms with Crippen LogP contribution in [0.15, 0.2) is 16.6 Å². The van der Waals surface area contributed by atoms with Crippen LogP contribution >= 0.6 is 27.5 Å². The summed E-state index contributed by atoms with van der Waals surface area (Å²) in [6, 6.07) is 3.34. The molecule has 0 aliphatic rings. The number of halogens is 2. The molecule has 0 heterocycles. The molecule has 2 N–H and O–H groups in total. The Balaban J connectivity index is 2.86. The number of benzene rings is 1. The first-order valence-corrected chi connectivity index (χ1v) is 5.60. The lowest BCUT2D eigenvalue weighted by molar-refractivity contribution is -0.142. The molecule has 0 aromatic heterocycles. The van der Waals surface area contributed by atoms with E-state index in [4.69, 9.17) is 22.1 Å². The van der Waals surface area contributed by atoms with Crippen LogP contribution in [0, 0.1) is 0 Å². The number of hydrogen-bond donors (Lipinski definition) is 1. The highest BCUT2D eigenvalue weighted by molar-refractivity contribution is 9.10. The fourth-order valence-corrected chi connectivity index (χ4v) is 1.79. The zero-order valence-corrected chi connectivity index (χ0v) is 10.6. The normalized spacial score (nSPS) is 10.1. The Kier molecular flexibility index (Phi) is 4.42. The van der Waals surface area contributed by atoms with Gasteiger partial charge in [-0.3, -0.25) is 4.79 Å². The van der Waals surface area contributed by atoms with Gasteiger partial charge >= 0.3 is 5.97 Å². The van der Waals surface area contributed by atoms with Crippen LogP contribution in [0.25, 0.3) is 0 Å². The van der Waals surface area contributed by atoms with E-state index in [0.717, 1.165) is 10.0 Å². The van der Waals surface area contributed by atoms with Gasteiger partial charge in [-0.2, -0.15) is 0 Å². The lowest BCUT2D eigenvalue weighted by Gasteiger charge is -2.06. The minimum atomic E-state index is -0.279. The predicted molar refractivity (Wildman–Crippen MR) is 63.9 cm³/mol. The van der Waals surface area contributed by atoms with Crippen molar-refractivity contribution in [3.8, 4) is 0 Å². The first kappa shape index (κ1) is 12.3. The van der Waals surface area contributed by atoms with Gasteiger partial charge in [0.2, 0.25) is 0 Å². The number of rotatable bonds is 3. The number of carbonyl (C=O) groups is 1. The number of hydrogen-bond acceptors (Lipinski definition) is 3. The molecule has 0 saturated carbocycles. The Hall–Kier alpha value is -0.740. The molecule has 0 amide bonds. The van der Waals surface area contributed by atoms with Crippen molar-refractivity contribution < 1.29 is 9.53 Å². The summed E-state index contributed by atoms with van der Waals surface area (Å²) < 4.78 is 5.60. The van der Waals surface area contributed by atoms with Crippen molar-refractivity contribution in [2.75, 3.05) is 12.3 Å². The van der Waals surface area contributed by atoms with Crippen molar-refractivity contribution in [3.05, 3.63) is 27.2 Å². The van der Waals surface area contributed by atoms with E-state index >= 15 is 0 Å². The summed E-state index contributed by atoms with van der Waals surface area (Å²) in [6.07, 6.45) is 0.189. The lowest BCUT2D eigenvalue weighted by atomic mass is 10.1. The van der Waals surface area contributed by atoms with Gasteiger partial charge in [-0.15, -0.1) is 0 Å². The average Bonchev–Trinajstić information content (AvgIpc) is 2.14. The highest BCUT2D eigenvalue weighted by atomic mass is 79.9. The Morgan fingerprint density at radius 3 is 2.87 bits per heavy atom. The first-order chi connectivity index (χ1) is 7.04.